The summed E-state index contributed by atoms with van der Waals surface area (Å²) in [6.07, 6.45) is 9.14. The van der Waals surface area contributed by atoms with Crippen LogP contribution in [0.15, 0.2) is 6.20 Å². The fourth-order valence-corrected chi connectivity index (χ4v) is 1.67. The van der Waals surface area contributed by atoms with E-state index in [2.05, 4.69) is 17.2 Å². The second-order valence-electron chi connectivity index (χ2n) is 3.90. The van der Waals surface area contributed by atoms with Gasteiger partial charge in [0, 0.05) is 13.0 Å². The molecule has 4 heteroatoms. The van der Waals surface area contributed by atoms with Crippen molar-refractivity contribution < 1.29 is 0 Å². The molecule has 0 aliphatic rings. The molecule has 1 heterocycles. The highest BCUT2D eigenvalue weighted by Gasteiger charge is 2.01. The van der Waals surface area contributed by atoms with Crippen LogP contribution in [-0.4, -0.2) is 21.5 Å². The molecule has 0 spiro atoms. The first-order chi connectivity index (χ1) is 7.38. The second kappa shape index (κ2) is 7.40. The molecule has 1 aromatic rings. The van der Waals surface area contributed by atoms with Crippen LogP contribution in [0.5, 0.6) is 0 Å². The molecule has 86 valence electrons. The van der Waals surface area contributed by atoms with Gasteiger partial charge in [0.25, 0.3) is 0 Å². The molecule has 1 aromatic heterocycles. The van der Waals surface area contributed by atoms with Gasteiger partial charge in [-0.1, -0.05) is 37.8 Å². The molecular weight excluding hydrogens is 188 g/mol. The Morgan fingerprint density at radius 2 is 2.07 bits per heavy atom. The Bertz CT molecular complexity index is 257. The Morgan fingerprint density at radius 3 is 2.80 bits per heavy atom. The van der Waals surface area contributed by atoms with Gasteiger partial charge in [0.2, 0.25) is 0 Å². The van der Waals surface area contributed by atoms with Crippen molar-refractivity contribution in [2.24, 2.45) is 5.73 Å². The lowest BCUT2D eigenvalue weighted by molar-refractivity contribution is 0.506. The number of aryl methyl sites for hydroxylation is 1. The average molecular weight is 210 g/mol. The Hall–Kier alpha value is -0.900. The molecule has 15 heavy (non-hydrogen) atoms. The van der Waals surface area contributed by atoms with E-state index in [0.29, 0.717) is 6.54 Å². The standard InChI is InChI=1S/C11H22N4/c1-2-3-4-5-6-9-15-11(7-8-12)10-13-14-15/h10H,2-9,12H2,1H3. The van der Waals surface area contributed by atoms with E-state index in [1.807, 2.05) is 10.9 Å². The quantitative estimate of drug-likeness (QED) is 0.665. The third-order valence-electron chi connectivity index (χ3n) is 2.57. The molecule has 0 bridgehead atoms. The number of unbranched alkanes of at least 4 members (excludes halogenated alkanes) is 4. The van der Waals surface area contributed by atoms with Gasteiger partial charge < -0.3 is 5.73 Å². The summed E-state index contributed by atoms with van der Waals surface area (Å²) in [5.74, 6) is 0. The Labute approximate surface area is 91.9 Å². The van der Waals surface area contributed by atoms with Crippen molar-refractivity contribution in [3.05, 3.63) is 11.9 Å². The lowest BCUT2D eigenvalue weighted by atomic mass is 10.1. The van der Waals surface area contributed by atoms with E-state index in [-0.39, 0.29) is 0 Å². The maximum absolute atomic E-state index is 5.51. The summed E-state index contributed by atoms with van der Waals surface area (Å²) >= 11 is 0. The van der Waals surface area contributed by atoms with Crippen molar-refractivity contribution in [3.8, 4) is 0 Å². The molecular formula is C11H22N4. The zero-order valence-electron chi connectivity index (χ0n) is 9.65. The fourth-order valence-electron chi connectivity index (χ4n) is 1.67. The Morgan fingerprint density at radius 1 is 1.27 bits per heavy atom. The highest BCUT2D eigenvalue weighted by atomic mass is 15.4. The van der Waals surface area contributed by atoms with E-state index in [9.17, 15) is 0 Å². The molecule has 2 N–H and O–H groups in total. The summed E-state index contributed by atoms with van der Waals surface area (Å²) in [6.45, 7) is 3.89. The van der Waals surface area contributed by atoms with E-state index < -0.39 is 0 Å². The Kier molecular flexibility index (Phi) is 6.00. The molecule has 4 nitrogen and oxygen atoms in total. The van der Waals surface area contributed by atoms with Crippen LogP contribution in [0.3, 0.4) is 0 Å². The summed E-state index contributed by atoms with van der Waals surface area (Å²) in [7, 11) is 0. The smallest absolute Gasteiger partial charge is 0.0725 e. The molecule has 1 rings (SSSR count). The number of hydrogen-bond acceptors (Lipinski definition) is 3. The van der Waals surface area contributed by atoms with Gasteiger partial charge >= 0.3 is 0 Å². The van der Waals surface area contributed by atoms with Crippen molar-refractivity contribution in [2.45, 2.75) is 52.0 Å². The van der Waals surface area contributed by atoms with Crippen molar-refractivity contribution in [1.29, 1.82) is 0 Å². The minimum absolute atomic E-state index is 0.670. The van der Waals surface area contributed by atoms with Crippen molar-refractivity contribution in [2.75, 3.05) is 6.54 Å². The van der Waals surface area contributed by atoms with Gasteiger partial charge in [-0.05, 0) is 13.0 Å². The van der Waals surface area contributed by atoms with Gasteiger partial charge in [-0.15, -0.1) is 5.10 Å². The van der Waals surface area contributed by atoms with Gasteiger partial charge in [0.15, 0.2) is 0 Å². The zero-order chi connectivity index (χ0) is 10.9. The van der Waals surface area contributed by atoms with E-state index in [0.717, 1.165) is 18.7 Å². The van der Waals surface area contributed by atoms with Crippen molar-refractivity contribution in [1.82, 2.24) is 15.0 Å². The molecule has 0 fully saturated rings. The van der Waals surface area contributed by atoms with Crippen LogP contribution in [0.2, 0.25) is 0 Å². The predicted octanol–water partition coefficient (Wildman–Crippen LogP) is 1.75. The summed E-state index contributed by atoms with van der Waals surface area (Å²) in [5, 5.41) is 7.98. The number of hydrogen-bond donors (Lipinski definition) is 1. The average Bonchev–Trinajstić information content (AvgIpc) is 2.66. The monoisotopic (exact) mass is 210 g/mol. The van der Waals surface area contributed by atoms with E-state index >= 15 is 0 Å². The lowest BCUT2D eigenvalue weighted by Crippen LogP contribution is -2.10. The Balaban J connectivity index is 2.21. The van der Waals surface area contributed by atoms with E-state index in [1.165, 1.54) is 32.1 Å². The second-order valence-corrected chi connectivity index (χ2v) is 3.90. The van der Waals surface area contributed by atoms with Gasteiger partial charge in [-0.3, -0.25) is 0 Å². The van der Waals surface area contributed by atoms with Crippen LogP contribution in [0.25, 0.3) is 0 Å². The summed E-state index contributed by atoms with van der Waals surface area (Å²) in [6, 6.07) is 0. The van der Waals surface area contributed by atoms with E-state index in [4.69, 9.17) is 5.73 Å². The number of rotatable bonds is 8. The van der Waals surface area contributed by atoms with Crippen molar-refractivity contribution in [3.63, 3.8) is 0 Å². The molecule has 0 aromatic carbocycles. The predicted molar refractivity (Wildman–Crippen MR) is 61.5 cm³/mol. The van der Waals surface area contributed by atoms with Crippen LogP contribution in [-0.2, 0) is 13.0 Å². The van der Waals surface area contributed by atoms with Gasteiger partial charge in [-0.25, -0.2) is 4.68 Å². The van der Waals surface area contributed by atoms with Crippen molar-refractivity contribution >= 4 is 0 Å². The molecule has 0 saturated heterocycles. The normalized spacial score (nSPS) is 10.8. The van der Waals surface area contributed by atoms with Gasteiger partial charge in [0.05, 0.1) is 11.9 Å². The molecule has 0 amide bonds. The van der Waals surface area contributed by atoms with Crippen LogP contribution < -0.4 is 5.73 Å². The highest BCUT2D eigenvalue weighted by molar-refractivity contribution is 4.94. The maximum Gasteiger partial charge on any atom is 0.0725 e. The van der Waals surface area contributed by atoms with Crippen LogP contribution in [0, 0.1) is 0 Å². The SMILES string of the molecule is CCCCCCCn1nncc1CCN. The largest absolute Gasteiger partial charge is 0.330 e. The topological polar surface area (TPSA) is 56.7 Å². The first-order valence-corrected chi connectivity index (χ1v) is 5.96. The minimum Gasteiger partial charge on any atom is -0.330 e. The lowest BCUT2D eigenvalue weighted by Gasteiger charge is -2.04. The third-order valence-corrected chi connectivity index (χ3v) is 2.57. The molecule has 0 aliphatic carbocycles. The molecule has 0 radical (unpaired) electrons. The molecule has 0 aliphatic heterocycles. The maximum atomic E-state index is 5.51. The molecule has 0 saturated carbocycles. The first kappa shape index (κ1) is 12.2. The minimum atomic E-state index is 0.670. The molecule has 0 atom stereocenters. The zero-order valence-corrected chi connectivity index (χ0v) is 9.65. The number of nitrogens with two attached hydrogens (primary N) is 1. The van der Waals surface area contributed by atoms with Gasteiger partial charge in [-0.2, -0.15) is 0 Å². The molecule has 0 unspecified atom stereocenters. The van der Waals surface area contributed by atoms with Crippen LogP contribution in [0.1, 0.15) is 44.7 Å². The van der Waals surface area contributed by atoms with Crippen LogP contribution >= 0.6 is 0 Å². The van der Waals surface area contributed by atoms with Gasteiger partial charge in [0.1, 0.15) is 0 Å². The fraction of sp³-hybridized carbons (Fsp3) is 0.818. The number of aromatic nitrogens is 3. The van der Waals surface area contributed by atoms with E-state index in [1.54, 1.807) is 0 Å². The number of nitrogens with zero attached hydrogens (tertiary/aromatic N) is 3. The summed E-state index contributed by atoms with van der Waals surface area (Å²) in [5.41, 5.74) is 6.67. The summed E-state index contributed by atoms with van der Waals surface area (Å²) in [4.78, 5) is 0. The highest BCUT2D eigenvalue weighted by Crippen LogP contribution is 2.05. The third kappa shape index (κ3) is 4.42. The first-order valence-electron chi connectivity index (χ1n) is 5.96. The summed E-state index contributed by atoms with van der Waals surface area (Å²) < 4.78 is 1.98. The van der Waals surface area contributed by atoms with Crippen LogP contribution in [0.4, 0.5) is 0 Å².